The summed E-state index contributed by atoms with van der Waals surface area (Å²) in [4.78, 5) is 0. The number of ether oxygens (including phenoxy) is 1. The maximum Gasteiger partial charge on any atom is 0.130 e. The van der Waals surface area contributed by atoms with E-state index in [1.165, 1.54) is 0 Å². The Morgan fingerprint density at radius 3 is 2.72 bits per heavy atom. The van der Waals surface area contributed by atoms with Crippen molar-refractivity contribution in [3.8, 4) is 5.75 Å². The van der Waals surface area contributed by atoms with Crippen molar-refractivity contribution in [3.63, 3.8) is 0 Å². The molecular formula is C14H19N3O. The first-order chi connectivity index (χ1) is 8.58. The molecule has 0 bridgehead atoms. The monoisotopic (exact) mass is 245 g/mol. The molecule has 1 atom stereocenters. The SMILES string of the molecule is Cc1cc(COc2ccccc2[C@@H](C)N)n(C)n1. The zero-order chi connectivity index (χ0) is 13.1. The van der Waals surface area contributed by atoms with Crippen molar-refractivity contribution < 1.29 is 4.74 Å². The van der Waals surface area contributed by atoms with Crippen LogP contribution in [0, 0.1) is 6.92 Å². The Kier molecular flexibility index (Phi) is 3.67. The van der Waals surface area contributed by atoms with Crippen LogP contribution in [0.5, 0.6) is 5.75 Å². The molecule has 0 radical (unpaired) electrons. The summed E-state index contributed by atoms with van der Waals surface area (Å²) < 4.78 is 7.67. The van der Waals surface area contributed by atoms with Gasteiger partial charge in [0.25, 0.3) is 0 Å². The lowest BCUT2D eigenvalue weighted by Gasteiger charge is -2.13. The van der Waals surface area contributed by atoms with Gasteiger partial charge in [0.2, 0.25) is 0 Å². The number of hydrogen-bond donors (Lipinski definition) is 1. The summed E-state index contributed by atoms with van der Waals surface area (Å²) in [5.74, 6) is 0.839. The van der Waals surface area contributed by atoms with E-state index in [1.807, 2.05) is 55.9 Å². The van der Waals surface area contributed by atoms with Gasteiger partial charge in [-0.2, -0.15) is 5.10 Å². The van der Waals surface area contributed by atoms with Crippen LogP contribution in [0.3, 0.4) is 0 Å². The average Bonchev–Trinajstić information content (AvgIpc) is 2.65. The van der Waals surface area contributed by atoms with E-state index in [4.69, 9.17) is 10.5 Å². The van der Waals surface area contributed by atoms with E-state index in [9.17, 15) is 0 Å². The number of rotatable bonds is 4. The molecule has 0 unspecified atom stereocenters. The summed E-state index contributed by atoms with van der Waals surface area (Å²) in [6.45, 7) is 4.43. The van der Waals surface area contributed by atoms with E-state index in [0.717, 1.165) is 22.7 Å². The summed E-state index contributed by atoms with van der Waals surface area (Å²) in [5, 5.41) is 4.29. The van der Waals surface area contributed by atoms with Gasteiger partial charge in [-0.15, -0.1) is 0 Å². The second-order valence-electron chi connectivity index (χ2n) is 4.52. The van der Waals surface area contributed by atoms with Crippen molar-refractivity contribution in [3.05, 3.63) is 47.3 Å². The Labute approximate surface area is 107 Å². The Balaban J connectivity index is 2.13. The average molecular weight is 245 g/mol. The summed E-state index contributed by atoms with van der Waals surface area (Å²) in [6, 6.07) is 9.86. The highest BCUT2D eigenvalue weighted by atomic mass is 16.5. The van der Waals surface area contributed by atoms with Crippen LogP contribution in [0.1, 0.15) is 29.9 Å². The van der Waals surface area contributed by atoms with Crippen molar-refractivity contribution in [2.24, 2.45) is 12.8 Å². The molecular weight excluding hydrogens is 226 g/mol. The molecule has 0 aliphatic rings. The molecule has 1 aromatic carbocycles. The van der Waals surface area contributed by atoms with Gasteiger partial charge < -0.3 is 10.5 Å². The highest BCUT2D eigenvalue weighted by Gasteiger charge is 2.08. The molecule has 1 aromatic heterocycles. The largest absolute Gasteiger partial charge is 0.487 e. The molecule has 0 aliphatic carbocycles. The van der Waals surface area contributed by atoms with Gasteiger partial charge in [0.05, 0.1) is 11.4 Å². The van der Waals surface area contributed by atoms with E-state index in [-0.39, 0.29) is 6.04 Å². The maximum atomic E-state index is 5.92. The zero-order valence-corrected chi connectivity index (χ0v) is 11.1. The fourth-order valence-electron chi connectivity index (χ4n) is 1.94. The Morgan fingerprint density at radius 2 is 2.11 bits per heavy atom. The molecule has 4 heteroatoms. The zero-order valence-electron chi connectivity index (χ0n) is 11.1. The van der Waals surface area contributed by atoms with Gasteiger partial charge in [-0.3, -0.25) is 4.68 Å². The highest BCUT2D eigenvalue weighted by molar-refractivity contribution is 5.35. The van der Waals surface area contributed by atoms with Crippen LogP contribution in [0.25, 0.3) is 0 Å². The molecule has 2 N–H and O–H groups in total. The lowest BCUT2D eigenvalue weighted by atomic mass is 10.1. The number of nitrogens with zero attached hydrogens (tertiary/aromatic N) is 2. The van der Waals surface area contributed by atoms with Crippen LogP contribution in [0.15, 0.2) is 30.3 Å². The Morgan fingerprint density at radius 1 is 1.39 bits per heavy atom. The maximum absolute atomic E-state index is 5.92. The lowest BCUT2D eigenvalue weighted by Crippen LogP contribution is -2.09. The van der Waals surface area contributed by atoms with Crippen LogP contribution in [-0.4, -0.2) is 9.78 Å². The summed E-state index contributed by atoms with van der Waals surface area (Å²) in [7, 11) is 1.92. The number of nitrogens with two attached hydrogens (primary N) is 1. The van der Waals surface area contributed by atoms with Crippen LogP contribution >= 0.6 is 0 Å². The molecule has 2 aromatic rings. The summed E-state index contributed by atoms with van der Waals surface area (Å²) >= 11 is 0. The number of aromatic nitrogens is 2. The Bertz CT molecular complexity index is 532. The molecule has 4 nitrogen and oxygen atoms in total. The molecule has 0 spiro atoms. The third kappa shape index (κ3) is 2.71. The first-order valence-electron chi connectivity index (χ1n) is 6.04. The van der Waals surface area contributed by atoms with Gasteiger partial charge in [0, 0.05) is 18.7 Å². The minimum Gasteiger partial charge on any atom is -0.487 e. The van der Waals surface area contributed by atoms with Gasteiger partial charge >= 0.3 is 0 Å². The molecule has 0 amide bonds. The molecule has 96 valence electrons. The van der Waals surface area contributed by atoms with Gasteiger partial charge in [-0.25, -0.2) is 0 Å². The third-order valence-electron chi connectivity index (χ3n) is 2.88. The smallest absolute Gasteiger partial charge is 0.130 e. The molecule has 1 heterocycles. The third-order valence-corrected chi connectivity index (χ3v) is 2.88. The Hall–Kier alpha value is -1.81. The molecule has 2 rings (SSSR count). The molecule has 18 heavy (non-hydrogen) atoms. The van der Waals surface area contributed by atoms with E-state index >= 15 is 0 Å². The van der Waals surface area contributed by atoms with Crippen LogP contribution in [0.2, 0.25) is 0 Å². The van der Waals surface area contributed by atoms with Gasteiger partial charge in [-0.1, -0.05) is 18.2 Å². The normalized spacial score (nSPS) is 12.4. The van der Waals surface area contributed by atoms with Crippen LogP contribution in [-0.2, 0) is 13.7 Å². The second kappa shape index (κ2) is 5.23. The summed E-state index contributed by atoms with van der Waals surface area (Å²) in [6.07, 6.45) is 0. The van der Waals surface area contributed by atoms with Gasteiger partial charge in [0.1, 0.15) is 12.4 Å². The molecule has 0 fully saturated rings. The summed E-state index contributed by atoms with van der Waals surface area (Å²) in [5.41, 5.74) is 8.99. The molecule has 0 aliphatic heterocycles. The van der Waals surface area contributed by atoms with Crippen LogP contribution in [0.4, 0.5) is 0 Å². The van der Waals surface area contributed by atoms with E-state index in [2.05, 4.69) is 5.10 Å². The molecule has 0 saturated heterocycles. The standard InChI is InChI=1S/C14H19N3O/c1-10-8-12(17(3)16-10)9-18-14-7-5-4-6-13(14)11(2)15/h4-8,11H,9,15H2,1-3H3/t11-/m1/s1. The topological polar surface area (TPSA) is 53.1 Å². The predicted octanol–water partition coefficient (Wildman–Crippen LogP) is 2.33. The first-order valence-corrected chi connectivity index (χ1v) is 6.04. The van der Waals surface area contributed by atoms with Gasteiger partial charge in [-0.05, 0) is 26.0 Å². The first kappa shape index (κ1) is 12.6. The van der Waals surface area contributed by atoms with Gasteiger partial charge in [0.15, 0.2) is 0 Å². The fourth-order valence-corrected chi connectivity index (χ4v) is 1.94. The van der Waals surface area contributed by atoms with Crippen LogP contribution < -0.4 is 10.5 Å². The number of benzene rings is 1. The highest BCUT2D eigenvalue weighted by Crippen LogP contribution is 2.24. The van der Waals surface area contributed by atoms with E-state index in [1.54, 1.807) is 0 Å². The lowest BCUT2D eigenvalue weighted by molar-refractivity contribution is 0.290. The number of para-hydroxylation sites is 1. The second-order valence-corrected chi connectivity index (χ2v) is 4.52. The minimum atomic E-state index is -0.0329. The quantitative estimate of drug-likeness (QED) is 0.899. The number of aryl methyl sites for hydroxylation is 2. The van der Waals surface area contributed by atoms with Crippen molar-refractivity contribution in [1.29, 1.82) is 0 Å². The van der Waals surface area contributed by atoms with Crippen molar-refractivity contribution in [2.45, 2.75) is 26.5 Å². The fraction of sp³-hybridized carbons (Fsp3) is 0.357. The van der Waals surface area contributed by atoms with Crippen molar-refractivity contribution in [1.82, 2.24) is 9.78 Å². The minimum absolute atomic E-state index is 0.0329. The number of hydrogen-bond acceptors (Lipinski definition) is 3. The van der Waals surface area contributed by atoms with Crippen molar-refractivity contribution >= 4 is 0 Å². The van der Waals surface area contributed by atoms with Crippen molar-refractivity contribution in [2.75, 3.05) is 0 Å². The predicted molar refractivity (Wildman–Crippen MR) is 71.3 cm³/mol. The van der Waals surface area contributed by atoms with E-state index in [0.29, 0.717) is 6.61 Å². The van der Waals surface area contributed by atoms with E-state index < -0.39 is 0 Å². The molecule has 0 saturated carbocycles.